The molecule has 0 saturated carbocycles. The Morgan fingerprint density at radius 3 is 2.25 bits per heavy atom. The first kappa shape index (κ1) is 11.5. The van der Waals surface area contributed by atoms with Crippen LogP contribution in [0.2, 0.25) is 0 Å². The van der Waals surface area contributed by atoms with Crippen molar-refractivity contribution in [1.29, 1.82) is 0 Å². The Balaban J connectivity index is 2.44. The number of halogens is 1. The summed E-state index contributed by atoms with van der Waals surface area (Å²) in [7, 11) is 0. The van der Waals surface area contributed by atoms with Gasteiger partial charge >= 0.3 is 0 Å². The molecule has 0 fully saturated rings. The fraction of sp³-hybridized carbons (Fsp3) is 0.333. The number of hydrogen-bond acceptors (Lipinski definition) is 3. The molecule has 0 saturated heterocycles. The Morgan fingerprint density at radius 2 is 1.81 bits per heavy atom. The highest BCUT2D eigenvalue weighted by Gasteiger charge is 2.21. The molecule has 3 nitrogen and oxygen atoms in total. The van der Waals surface area contributed by atoms with E-state index in [0.29, 0.717) is 4.67 Å². The van der Waals surface area contributed by atoms with Crippen LogP contribution in [-0.2, 0) is 0 Å². The van der Waals surface area contributed by atoms with E-state index in [0.717, 1.165) is 28.4 Å². The summed E-state index contributed by atoms with van der Waals surface area (Å²) >= 11 is 3.27. The van der Waals surface area contributed by atoms with Crippen LogP contribution in [0, 0.1) is 20.8 Å². The minimum absolute atomic E-state index is 0.274. The maximum absolute atomic E-state index is 6.17. The van der Waals surface area contributed by atoms with Gasteiger partial charge in [0.25, 0.3) is 0 Å². The average molecular weight is 284 g/mol. The second-order valence-electron chi connectivity index (χ2n) is 3.87. The molecule has 0 aliphatic rings. The van der Waals surface area contributed by atoms with Gasteiger partial charge in [-0.1, -0.05) is 0 Å². The van der Waals surface area contributed by atoms with Crippen LogP contribution >= 0.6 is 15.9 Å². The fourth-order valence-electron chi connectivity index (χ4n) is 1.90. The lowest BCUT2D eigenvalue weighted by Crippen LogP contribution is -2.12. The molecule has 16 heavy (non-hydrogen) atoms. The van der Waals surface area contributed by atoms with Gasteiger partial charge in [0.05, 0.1) is 6.04 Å². The zero-order chi connectivity index (χ0) is 11.9. The molecule has 2 aromatic rings. The summed E-state index contributed by atoms with van der Waals surface area (Å²) < 4.78 is 11.7. The molecule has 0 aliphatic carbocycles. The van der Waals surface area contributed by atoms with Crippen LogP contribution in [0.4, 0.5) is 0 Å². The highest BCUT2D eigenvalue weighted by molar-refractivity contribution is 9.10. The molecule has 1 atom stereocenters. The van der Waals surface area contributed by atoms with E-state index in [4.69, 9.17) is 14.6 Å². The SMILES string of the molecule is Cc1oc(C)c(C(N)c2ccc(Br)o2)c1C. The molecule has 0 spiro atoms. The number of nitrogens with two attached hydrogens (primary N) is 1. The van der Waals surface area contributed by atoms with Crippen molar-refractivity contribution < 1.29 is 8.83 Å². The quantitative estimate of drug-likeness (QED) is 0.916. The van der Waals surface area contributed by atoms with Gasteiger partial charge < -0.3 is 14.6 Å². The molecular formula is C12H14BrNO2. The van der Waals surface area contributed by atoms with Crippen LogP contribution < -0.4 is 5.73 Å². The first-order chi connectivity index (χ1) is 7.50. The summed E-state index contributed by atoms with van der Waals surface area (Å²) in [6.07, 6.45) is 0. The molecule has 0 amide bonds. The van der Waals surface area contributed by atoms with Crippen LogP contribution in [0.15, 0.2) is 25.6 Å². The molecule has 2 heterocycles. The summed E-state index contributed by atoms with van der Waals surface area (Å²) in [6.45, 7) is 5.88. The molecule has 0 bridgehead atoms. The van der Waals surface area contributed by atoms with Crippen LogP contribution in [-0.4, -0.2) is 0 Å². The van der Waals surface area contributed by atoms with Gasteiger partial charge in [-0.25, -0.2) is 0 Å². The number of rotatable bonds is 2. The molecule has 0 aromatic carbocycles. The summed E-state index contributed by atoms with van der Waals surface area (Å²) in [5, 5.41) is 0. The van der Waals surface area contributed by atoms with Gasteiger partial charge in [0.2, 0.25) is 0 Å². The van der Waals surface area contributed by atoms with Gasteiger partial charge in [-0.15, -0.1) is 0 Å². The molecule has 0 radical (unpaired) electrons. The Morgan fingerprint density at radius 1 is 1.12 bits per heavy atom. The van der Waals surface area contributed by atoms with Crippen molar-refractivity contribution in [3.8, 4) is 0 Å². The normalized spacial score (nSPS) is 13.1. The van der Waals surface area contributed by atoms with E-state index in [1.165, 1.54) is 0 Å². The van der Waals surface area contributed by atoms with Crippen molar-refractivity contribution in [2.75, 3.05) is 0 Å². The van der Waals surface area contributed by atoms with Gasteiger partial charge in [0.15, 0.2) is 4.67 Å². The van der Waals surface area contributed by atoms with E-state index < -0.39 is 0 Å². The maximum Gasteiger partial charge on any atom is 0.169 e. The lowest BCUT2D eigenvalue weighted by Gasteiger charge is -2.08. The summed E-state index contributed by atoms with van der Waals surface area (Å²) in [4.78, 5) is 0. The summed E-state index contributed by atoms with van der Waals surface area (Å²) in [6, 6.07) is 3.44. The Bertz CT molecular complexity index is 513. The van der Waals surface area contributed by atoms with E-state index in [2.05, 4.69) is 15.9 Å². The van der Waals surface area contributed by atoms with Gasteiger partial charge in [-0.2, -0.15) is 0 Å². The van der Waals surface area contributed by atoms with E-state index in [1.807, 2.05) is 32.9 Å². The Kier molecular flexibility index (Phi) is 2.95. The summed E-state index contributed by atoms with van der Waals surface area (Å²) in [5.74, 6) is 2.50. The first-order valence-corrected chi connectivity index (χ1v) is 5.87. The second kappa shape index (κ2) is 4.11. The predicted octanol–water partition coefficient (Wildman–Crippen LogP) is 3.61. The molecule has 1 unspecified atom stereocenters. The van der Waals surface area contributed by atoms with Crippen LogP contribution in [0.25, 0.3) is 0 Å². The van der Waals surface area contributed by atoms with E-state index in [-0.39, 0.29) is 6.04 Å². The second-order valence-corrected chi connectivity index (χ2v) is 4.65. The highest BCUT2D eigenvalue weighted by atomic mass is 79.9. The highest BCUT2D eigenvalue weighted by Crippen LogP contribution is 2.31. The lowest BCUT2D eigenvalue weighted by atomic mass is 10.0. The van der Waals surface area contributed by atoms with Crippen molar-refractivity contribution in [3.05, 3.63) is 45.2 Å². The molecule has 4 heteroatoms. The average Bonchev–Trinajstić information content (AvgIpc) is 2.73. The molecule has 2 aromatic heterocycles. The standard InChI is InChI=1S/C12H14BrNO2/c1-6-7(2)15-8(3)11(6)12(14)9-4-5-10(13)16-9/h4-5,12H,14H2,1-3H3. The van der Waals surface area contributed by atoms with Gasteiger partial charge in [0.1, 0.15) is 17.3 Å². The molecular weight excluding hydrogens is 270 g/mol. The zero-order valence-corrected chi connectivity index (χ0v) is 11.1. The lowest BCUT2D eigenvalue weighted by molar-refractivity contribution is 0.462. The Hall–Kier alpha value is -1.000. The third kappa shape index (κ3) is 1.83. The fourth-order valence-corrected chi connectivity index (χ4v) is 2.22. The van der Waals surface area contributed by atoms with Crippen LogP contribution in [0.5, 0.6) is 0 Å². The third-order valence-electron chi connectivity index (χ3n) is 2.83. The largest absolute Gasteiger partial charge is 0.466 e. The minimum atomic E-state index is -0.274. The number of aryl methyl sites for hydroxylation is 2. The van der Waals surface area contributed by atoms with Crippen molar-refractivity contribution in [3.63, 3.8) is 0 Å². The van der Waals surface area contributed by atoms with Crippen molar-refractivity contribution in [1.82, 2.24) is 0 Å². The van der Waals surface area contributed by atoms with Crippen LogP contribution in [0.3, 0.4) is 0 Å². The van der Waals surface area contributed by atoms with Crippen molar-refractivity contribution >= 4 is 15.9 Å². The molecule has 2 N–H and O–H groups in total. The van der Waals surface area contributed by atoms with Gasteiger partial charge in [-0.05, 0) is 54.4 Å². The molecule has 2 rings (SSSR count). The smallest absolute Gasteiger partial charge is 0.169 e. The molecule has 0 aliphatic heterocycles. The third-order valence-corrected chi connectivity index (χ3v) is 3.26. The topological polar surface area (TPSA) is 52.3 Å². The maximum atomic E-state index is 6.17. The van der Waals surface area contributed by atoms with E-state index in [9.17, 15) is 0 Å². The summed E-state index contributed by atoms with van der Waals surface area (Å²) in [5.41, 5.74) is 8.28. The van der Waals surface area contributed by atoms with E-state index >= 15 is 0 Å². The van der Waals surface area contributed by atoms with Crippen LogP contribution in [0.1, 0.15) is 34.4 Å². The zero-order valence-electron chi connectivity index (χ0n) is 9.50. The van der Waals surface area contributed by atoms with Gasteiger partial charge in [0, 0.05) is 5.56 Å². The predicted molar refractivity (Wildman–Crippen MR) is 65.4 cm³/mol. The van der Waals surface area contributed by atoms with Crippen molar-refractivity contribution in [2.45, 2.75) is 26.8 Å². The van der Waals surface area contributed by atoms with E-state index in [1.54, 1.807) is 0 Å². The number of furan rings is 2. The number of hydrogen-bond donors (Lipinski definition) is 1. The minimum Gasteiger partial charge on any atom is -0.466 e. The monoisotopic (exact) mass is 283 g/mol. The Labute approximate surface area is 103 Å². The van der Waals surface area contributed by atoms with Crippen molar-refractivity contribution in [2.24, 2.45) is 5.73 Å². The van der Waals surface area contributed by atoms with Gasteiger partial charge in [-0.3, -0.25) is 0 Å². The molecule has 86 valence electrons. The first-order valence-electron chi connectivity index (χ1n) is 5.08.